The van der Waals surface area contributed by atoms with Gasteiger partial charge in [-0.05, 0) is 25.0 Å². The van der Waals surface area contributed by atoms with Crippen molar-refractivity contribution in [1.82, 2.24) is 4.98 Å². The normalized spacial score (nSPS) is 11.5. The van der Waals surface area contributed by atoms with E-state index in [1.807, 2.05) is 6.07 Å². The second-order valence-corrected chi connectivity index (χ2v) is 3.83. The predicted octanol–water partition coefficient (Wildman–Crippen LogP) is 3.32. The summed E-state index contributed by atoms with van der Waals surface area (Å²) in [5.41, 5.74) is 0.789. The van der Waals surface area contributed by atoms with Gasteiger partial charge < -0.3 is 0 Å². The Bertz CT molecular complexity index is 349. The van der Waals surface area contributed by atoms with Crippen molar-refractivity contribution in [3.8, 4) is 0 Å². The van der Waals surface area contributed by atoms with E-state index in [-0.39, 0.29) is 25.0 Å². The molecule has 0 N–H and O–H groups in total. The molecule has 0 aromatic carbocycles. The summed E-state index contributed by atoms with van der Waals surface area (Å²) in [6.07, 6.45) is -2.80. The lowest BCUT2D eigenvalue weighted by molar-refractivity contribution is -0.137. The first-order valence-corrected chi connectivity index (χ1v) is 5.46. The first kappa shape index (κ1) is 13.7. The number of carbonyl (C=O) groups excluding carboxylic acids is 1. The van der Waals surface area contributed by atoms with Gasteiger partial charge >= 0.3 is 6.18 Å². The van der Waals surface area contributed by atoms with Gasteiger partial charge in [-0.15, -0.1) is 0 Å². The van der Waals surface area contributed by atoms with Gasteiger partial charge in [0.1, 0.15) is 5.78 Å². The van der Waals surface area contributed by atoms with Crippen molar-refractivity contribution in [2.45, 2.75) is 38.3 Å². The highest BCUT2D eigenvalue weighted by Crippen LogP contribution is 2.22. The van der Waals surface area contributed by atoms with Crippen LogP contribution in [0.4, 0.5) is 13.2 Å². The number of rotatable bonds is 6. The number of Topliss-reactive ketones (excluding diaryl/α,β-unsaturated/α-hetero) is 1. The SMILES string of the molecule is O=C(CCCC(F)(F)F)CCc1ccccn1. The number of hydrogen-bond acceptors (Lipinski definition) is 2. The molecule has 0 fully saturated rings. The second kappa shape index (κ2) is 6.37. The first-order valence-electron chi connectivity index (χ1n) is 5.46. The molecule has 0 unspecified atom stereocenters. The Morgan fingerprint density at radius 1 is 1.24 bits per heavy atom. The second-order valence-electron chi connectivity index (χ2n) is 3.83. The van der Waals surface area contributed by atoms with Gasteiger partial charge in [-0.1, -0.05) is 6.07 Å². The van der Waals surface area contributed by atoms with Crippen LogP contribution in [0.15, 0.2) is 24.4 Å². The van der Waals surface area contributed by atoms with E-state index < -0.39 is 12.6 Å². The lowest BCUT2D eigenvalue weighted by Crippen LogP contribution is -2.08. The summed E-state index contributed by atoms with van der Waals surface area (Å²) in [5.74, 6) is -0.139. The highest BCUT2D eigenvalue weighted by Gasteiger charge is 2.26. The van der Waals surface area contributed by atoms with Crippen molar-refractivity contribution in [3.63, 3.8) is 0 Å². The van der Waals surface area contributed by atoms with E-state index in [4.69, 9.17) is 0 Å². The van der Waals surface area contributed by atoms with E-state index >= 15 is 0 Å². The molecule has 0 spiro atoms. The van der Waals surface area contributed by atoms with Crippen molar-refractivity contribution in [3.05, 3.63) is 30.1 Å². The number of ketones is 1. The van der Waals surface area contributed by atoms with Gasteiger partial charge in [-0.2, -0.15) is 13.2 Å². The fourth-order valence-electron chi connectivity index (χ4n) is 1.42. The quantitative estimate of drug-likeness (QED) is 0.769. The lowest BCUT2D eigenvalue weighted by atomic mass is 10.1. The number of alkyl halides is 3. The molecule has 1 aromatic heterocycles. The van der Waals surface area contributed by atoms with Gasteiger partial charge in [0, 0.05) is 31.2 Å². The third-order valence-electron chi connectivity index (χ3n) is 2.30. The summed E-state index contributed by atoms with van der Waals surface area (Å²) >= 11 is 0. The van der Waals surface area contributed by atoms with Crippen molar-refractivity contribution < 1.29 is 18.0 Å². The van der Waals surface area contributed by atoms with Gasteiger partial charge in [0.05, 0.1) is 0 Å². The van der Waals surface area contributed by atoms with Gasteiger partial charge in [0.25, 0.3) is 0 Å². The number of halogens is 3. The molecule has 94 valence electrons. The van der Waals surface area contributed by atoms with Crippen LogP contribution >= 0.6 is 0 Å². The number of carbonyl (C=O) groups is 1. The zero-order chi connectivity index (χ0) is 12.7. The zero-order valence-corrected chi connectivity index (χ0v) is 9.33. The molecule has 0 aliphatic rings. The maximum atomic E-state index is 11.8. The molecular formula is C12H14F3NO. The van der Waals surface area contributed by atoms with Crippen LogP contribution in [0.25, 0.3) is 0 Å². The molecule has 0 aliphatic heterocycles. The molecule has 0 radical (unpaired) electrons. The standard InChI is InChI=1S/C12H14F3NO/c13-12(14,15)8-3-5-11(17)7-6-10-4-1-2-9-16-10/h1-2,4,9H,3,5-8H2. The lowest BCUT2D eigenvalue weighted by Gasteiger charge is -2.05. The largest absolute Gasteiger partial charge is 0.389 e. The molecule has 1 heterocycles. The maximum Gasteiger partial charge on any atom is 0.389 e. The molecule has 0 saturated heterocycles. The van der Waals surface area contributed by atoms with Crippen LogP contribution < -0.4 is 0 Å². The van der Waals surface area contributed by atoms with Crippen LogP contribution in [0.3, 0.4) is 0 Å². The molecule has 0 saturated carbocycles. The van der Waals surface area contributed by atoms with Crippen LogP contribution in [0.1, 0.15) is 31.4 Å². The average molecular weight is 245 g/mol. The van der Waals surface area contributed by atoms with Crippen molar-refractivity contribution in [2.24, 2.45) is 0 Å². The fraction of sp³-hybridized carbons (Fsp3) is 0.500. The molecule has 2 nitrogen and oxygen atoms in total. The summed E-state index contributed by atoms with van der Waals surface area (Å²) in [6.45, 7) is 0. The number of pyridine rings is 1. The van der Waals surface area contributed by atoms with Crippen molar-refractivity contribution in [1.29, 1.82) is 0 Å². The van der Waals surface area contributed by atoms with E-state index in [9.17, 15) is 18.0 Å². The van der Waals surface area contributed by atoms with Gasteiger partial charge in [0.2, 0.25) is 0 Å². The van der Waals surface area contributed by atoms with Crippen LogP contribution in [0.2, 0.25) is 0 Å². The molecule has 0 amide bonds. The molecule has 1 rings (SSSR count). The van der Waals surface area contributed by atoms with Gasteiger partial charge in [-0.25, -0.2) is 0 Å². The van der Waals surface area contributed by atoms with Crippen LogP contribution in [0.5, 0.6) is 0 Å². The molecule has 0 aliphatic carbocycles. The minimum absolute atomic E-state index is 0.00760. The number of aryl methyl sites for hydroxylation is 1. The minimum atomic E-state index is -4.17. The zero-order valence-electron chi connectivity index (χ0n) is 9.33. The van der Waals surface area contributed by atoms with E-state index in [2.05, 4.69) is 4.98 Å². The number of hydrogen-bond donors (Lipinski definition) is 0. The summed E-state index contributed by atoms with van der Waals surface area (Å²) < 4.78 is 35.5. The van der Waals surface area contributed by atoms with Gasteiger partial charge in [0.15, 0.2) is 0 Å². The molecule has 5 heteroatoms. The topological polar surface area (TPSA) is 30.0 Å². The Hall–Kier alpha value is -1.39. The van der Waals surface area contributed by atoms with Crippen molar-refractivity contribution in [2.75, 3.05) is 0 Å². The molecule has 0 bridgehead atoms. The van der Waals surface area contributed by atoms with E-state index in [1.165, 1.54) is 0 Å². The Labute approximate surface area is 97.9 Å². The first-order chi connectivity index (χ1) is 7.97. The third-order valence-corrected chi connectivity index (χ3v) is 2.30. The number of aromatic nitrogens is 1. The summed E-state index contributed by atoms with van der Waals surface area (Å²) in [4.78, 5) is 15.3. The molecule has 17 heavy (non-hydrogen) atoms. The highest BCUT2D eigenvalue weighted by atomic mass is 19.4. The summed E-state index contributed by atoms with van der Waals surface area (Å²) in [7, 11) is 0. The van der Waals surface area contributed by atoms with Crippen LogP contribution in [-0.2, 0) is 11.2 Å². The molecular weight excluding hydrogens is 231 g/mol. The predicted molar refractivity (Wildman–Crippen MR) is 57.5 cm³/mol. The highest BCUT2D eigenvalue weighted by molar-refractivity contribution is 5.78. The fourth-order valence-corrected chi connectivity index (χ4v) is 1.42. The monoisotopic (exact) mass is 245 g/mol. The average Bonchev–Trinajstić information content (AvgIpc) is 2.26. The Balaban J connectivity index is 2.18. The third kappa shape index (κ3) is 6.71. The Kier molecular flexibility index (Phi) is 5.12. The van der Waals surface area contributed by atoms with Crippen molar-refractivity contribution >= 4 is 5.78 Å². The van der Waals surface area contributed by atoms with Crippen LogP contribution in [-0.4, -0.2) is 16.9 Å². The van der Waals surface area contributed by atoms with Gasteiger partial charge in [-0.3, -0.25) is 9.78 Å². The minimum Gasteiger partial charge on any atom is -0.300 e. The summed E-state index contributed by atoms with van der Waals surface area (Å²) in [5, 5.41) is 0. The molecule has 0 atom stereocenters. The summed E-state index contributed by atoms with van der Waals surface area (Å²) in [6, 6.07) is 5.38. The van der Waals surface area contributed by atoms with E-state index in [0.29, 0.717) is 6.42 Å². The molecule has 1 aromatic rings. The smallest absolute Gasteiger partial charge is 0.300 e. The van der Waals surface area contributed by atoms with Crippen LogP contribution in [0, 0.1) is 0 Å². The Morgan fingerprint density at radius 2 is 2.00 bits per heavy atom. The van der Waals surface area contributed by atoms with E-state index in [1.54, 1.807) is 18.3 Å². The Morgan fingerprint density at radius 3 is 2.59 bits per heavy atom. The maximum absolute atomic E-state index is 11.8. The number of nitrogens with zero attached hydrogens (tertiary/aromatic N) is 1. The van der Waals surface area contributed by atoms with E-state index in [0.717, 1.165) is 5.69 Å².